The predicted octanol–water partition coefficient (Wildman–Crippen LogP) is 6.76. The van der Waals surface area contributed by atoms with Crippen molar-refractivity contribution in [1.29, 1.82) is 0 Å². The fraction of sp³-hybridized carbons (Fsp3) is 0.278. The molecule has 0 saturated carbocycles. The molecule has 0 saturated heterocycles. The van der Waals surface area contributed by atoms with Crippen LogP contribution in [-0.4, -0.2) is 58.0 Å². The van der Waals surface area contributed by atoms with E-state index in [2.05, 4.69) is 5.32 Å². The van der Waals surface area contributed by atoms with Crippen LogP contribution in [-0.2, 0) is 32.6 Å². The second-order valence-corrected chi connectivity index (χ2v) is 13.8. The van der Waals surface area contributed by atoms with E-state index >= 15 is 0 Å². The number of ether oxygens (including phenoxy) is 2. The molecule has 4 aromatic carbocycles. The summed E-state index contributed by atoms with van der Waals surface area (Å²) in [6, 6.07) is 25.4. The Morgan fingerprint density at radius 3 is 2.02 bits per heavy atom. The minimum Gasteiger partial charge on any atom is -0.493 e. The molecule has 0 bridgehead atoms. The van der Waals surface area contributed by atoms with Crippen molar-refractivity contribution in [3.63, 3.8) is 0 Å². The number of rotatable bonds is 15. The van der Waals surface area contributed by atoms with E-state index in [1.54, 1.807) is 42.5 Å². The van der Waals surface area contributed by atoms with Crippen LogP contribution in [0.1, 0.15) is 31.4 Å². The monoisotopic (exact) mass is 711 g/mol. The zero-order chi connectivity index (χ0) is 34.8. The molecule has 1 N–H and O–H groups in total. The SMILES string of the molecule is CC[C@@H](C)NC(=O)[C@@H](Cc1ccccc1)N(Cc1c(Cl)cccc1Cl)C(=O)CN(c1ccc(OC)c(OC)c1)S(=O)(=O)c1ccccc1. The second-order valence-electron chi connectivity index (χ2n) is 11.1. The van der Waals surface area contributed by atoms with E-state index in [0.29, 0.717) is 27.8 Å². The average Bonchev–Trinajstić information content (AvgIpc) is 3.10. The van der Waals surface area contributed by atoms with Crippen molar-refractivity contribution in [2.75, 3.05) is 25.1 Å². The first-order chi connectivity index (χ1) is 23.0. The Hall–Kier alpha value is -4.25. The van der Waals surface area contributed by atoms with Crippen molar-refractivity contribution in [1.82, 2.24) is 10.2 Å². The molecule has 0 aliphatic rings. The number of nitrogens with one attached hydrogen (secondary N) is 1. The number of benzene rings is 4. The summed E-state index contributed by atoms with van der Waals surface area (Å²) >= 11 is 13.2. The Morgan fingerprint density at radius 1 is 0.833 bits per heavy atom. The summed E-state index contributed by atoms with van der Waals surface area (Å²) in [5.74, 6) is -0.400. The van der Waals surface area contributed by atoms with E-state index in [4.69, 9.17) is 32.7 Å². The van der Waals surface area contributed by atoms with Gasteiger partial charge >= 0.3 is 0 Å². The van der Waals surface area contributed by atoms with Gasteiger partial charge in [-0.3, -0.25) is 13.9 Å². The summed E-state index contributed by atoms with van der Waals surface area (Å²) < 4.78 is 40.3. The van der Waals surface area contributed by atoms with Crippen LogP contribution < -0.4 is 19.1 Å². The first kappa shape index (κ1) is 36.6. The fourth-order valence-electron chi connectivity index (χ4n) is 5.08. The van der Waals surface area contributed by atoms with E-state index in [1.165, 1.54) is 43.4 Å². The Balaban J connectivity index is 1.87. The van der Waals surface area contributed by atoms with Gasteiger partial charge in [-0.15, -0.1) is 0 Å². The third-order valence-corrected chi connectivity index (χ3v) is 10.4. The zero-order valence-electron chi connectivity index (χ0n) is 27.2. The summed E-state index contributed by atoms with van der Waals surface area (Å²) in [6.45, 7) is 3.00. The molecule has 254 valence electrons. The maximum atomic E-state index is 14.7. The van der Waals surface area contributed by atoms with Gasteiger partial charge in [-0.25, -0.2) is 8.42 Å². The van der Waals surface area contributed by atoms with E-state index in [0.717, 1.165) is 9.87 Å². The number of amides is 2. The highest BCUT2D eigenvalue weighted by atomic mass is 35.5. The molecule has 0 aliphatic carbocycles. The minimum atomic E-state index is -4.31. The maximum Gasteiger partial charge on any atom is 0.264 e. The molecule has 48 heavy (non-hydrogen) atoms. The summed E-state index contributed by atoms with van der Waals surface area (Å²) in [5, 5.41) is 3.61. The summed E-state index contributed by atoms with van der Waals surface area (Å²) in [5.41, 5.74) is 1.38. The van der Waals surface area contributed by atoms with Crippen LogP contribution >= 0.6 is 23.2 Å². The average molecular weight is 713 g/mol. The number of anilines is 1. The van der Waals surface area contributed by atoms with Crippen molar-refractivity contribution in [2.24, 2.45) is 0 Å². The number of carbonyl (C=O) groups is 2. The van der Waals surface area contributed by atoms with E-state index in [1.807, 2.05) is 44.2 Å². The fourth-order valence-corrected chi connectivity index (χ4v) is 7.02. The van der Waals surface area contributed by atoms with Gasteiger partial charge in [-0.2, -0.15) is 0 Å². The van der Waals surface area contributed by atoms with Gasteiger partial charge in [0.05, 0.1) is 24.8 Å². The van der Waals surface area contributed by atoms with Crippen LogP contribution in [0, 0.1) is 0 Å². The number of methoxy groups -OCH3 is 2. The normalized spacial score (nSPS) is 12.5. The minimum absolute atomic E-state index is 0.0244. The van der Waals surface area contributed by atoms with Gasteiger partial charge in [-0.05, 0) is 55.3 Å². The lowest BCUT2D eigenvalue weighted by Crippen LogP contribution is -2.54. The molecule has 0 fully saturated rings. The standard InChI is InChI=1S/C36H39Cl2N3O6S/c1-5-25(2)39-36(43)32(21-26-13-8-6-9-14-26)40(23-29-30(37)17-12-18-31(29)38)35(42)24-41(48(44,45)28-15-10-7-11-16-28)27-19-20-33(46-3)34(22-27)47-4/h6-20,22,25,32H,5,21,23-24H2,1-4H3,(H,39,43)/t25-,32-/m1/s1. The third kappa shape index (κ3) is 8.80. The molecule has 0 spiro atoms. The summed E-state index contributed by atoms with van der Waals surface area (Å²) in [4.78, 5) is 30.0. The van der Waals surface area contributed by atoms with Crippen molar-refractivity contribution in [2.45, 2.75) is 50.2 Å². The Bertz CT molecular complexity index is 1790. The van der Waals surface area contributed by atoms with Crippen LogP contribution in [0.4, 0.5) is 5.69 Å². The Morgan fingerprint density at radius 2 is 1.44 bits per heavy atom. The highest BCUT2D eigenvalue weighted by Crippen LogP contribution is 2.34. The maximum absolute atomic E-state index is 14.7. The summed E-state index contributed by atoms with van der Waals surface area (Å²) in [7, 11) is -1.41. The number of hydrogen-bond acceptors (Lipinski definition) is 6. The van der Waals surface area contributed by atoms with Crippen LogP contribution in [0.5, 0.6) is 11.5 Å². The molecule has 0 unspecified atom stereocenters. The number of nitrogens with zero attached hydrogens (tertiary/aromatic N) is 2. The second kappa shape index (κ2) is 16.7. The largest absolute Gasteiger partial charge is 0.493 e. The van der Waals surface area contributed by atoms with Crippen LogP contribution in [0.2, 0.25) is 10.0 Å². The number of halogens is 2. The molecule has 0 aliphatic heterocycles. The van der Waals surface area contributed by atoms with Gasteiger partial charge in [0.25, 0.3) is 10.0 Å². The third-order valence-electron chi connectivity index (χ3n) is 7.93. The van der Waals surface area contributed by atoms with E-state index in [9.17, 15) is 18.0 Å². The Kier molecular flexibility index (Phi) is 12.7. The predicted molar refractivity (Wildman–Crippen MR) is 189 cm³/mol. The van der Waals surface area contributed by atoms with Crippen LogP contribution in [0.3, 0.4) is 0 Å². The number of carbonyl (C=O) groups excluding carboxylic acids is 2. The summed E-state index contributed by atoms with van der Waals surface area (Å²) in [6.07, 6.45) is 0.815. The van der Waals surface area contributed by atoms with Gasteiger partial charge in [0.15, 0.2) is 11.5 Å². The van der Waals surface area contributed by atoms with Crippen molar-refractivity contribution in [3.8, 4) is 11.5 Å². The molecular formula is C36H39Cl2N3O6S. The van der Waals surface area contributed by atoms with Crippen molar-refractivity contribution >= 4 is 50.7 Å². The highest BCUT2D eigenvalue weighted by Gasteiger charge is 2.35. The molecule has 2 amide bonds. The first-order valence-corrected chi connectivity index (χ1v) is 17.6. The van der Waals surface area contributed by atoms with E-state index < -0.39 is 34.4 Å². The van der Waals surface area contributed by atoms with E-state index in [-0.39, 0.29) is 35.3 Å². The molecule has 4 rings (SSSR count). The lowest BCUT2D eigenvalue weighted by atomic mass is 10.0. The molecule has 2 atom stereocenters. The van der Waals surface area contributed by atoms with Gasteiger partial charge in [0.1, 0.15) is 12.6 Å². The molecular weight excluding hydrogens is 673 g/mol. The quantitative estimate of drug-likeness (QED) is 0.146. The van der Waals surface area contributed by atoms with Gasteiger partial charge < -0.3 is 19.7 Å². The zero-order valence-corrected chi connectivity index (χ0v) is 29.6. The topological polar surface area (TPSA) is 105 Å². The van der Waals surface area contributed by atoms with Crippen LogP contribution in [0.25, 0.3) is 0 Å². The lowest BCUT2D eigenvalue weighted by Gasteiger charge is -2.34. The number of sulfonamides is 1. The molecule has 12 heteroatoms. The smallest absolute Gasteiger partial charge is 0.264 e. The molecule has 0 aromatic heterocycles. The van der Waals surface area contributed by atoms with Gasteiger partial charge in [-0.1, -0.05) is 84.7 Å². The Labute approximate surface area is 292 Å². The molecule has 9 nitrogen and oxygen atoms in total. The van der Waals surface area contributed by atoms with Crippen molar-refractivity contribution < 1.29 is 27.5 Å². The molecule has 4 aromatic rings. The molecule has 0 radical (unpaired) electrons. The lowest BCUT2D eigenvalue weighted by molar-refractivity contribution is -0.140. The first-order valence-electron chi connectivity index (χ1n) is 15.4. The van der Waals surface area contributed by atoms with Crippen molar-refractivity contribution in [3.05, 3.63) is 118 Å². The number of hydrogen-bond donors (Lipinski definition) is 1. The van der Waals surface area contributed by atoms with Gasteiger partial charge in [0.2, 0.25) is 11.8 Å². The van der Waals surface area contributed by atoms with Gasteiger partial charge in [0, 0.05) is 40.7 Å². The molecule has 0 heterocycles. The highest BCUT2D eigenvalue weighted by molar-refractivity contribution is 7.92. The van der Waals surface area contributed by atoms with Crippen LogP contribution in [0.15, 0.2) is 102 Å².